The van der Waals surface area contributed by atoms with Crippen LogP contribution in [0.4, 0.5) is 0 Å². The maximum Gasteiger partial charge on any atom is 0.119 e. The largest absolute Gasteiger partial charge is 0.508 e. The fourth-order valence-corrected chi connectivity index (χ4v) is 2.57. The summed E-state index contributed by atoms with van der Waals surface area (Å²) in [4.78, 5) is 0. The average Bonchev–Trinajstić information content (AvgIpc) is 2.33. The van der Waals surface area contributed by atoms with E-state index in [4.69, 9.17) is 4.74 Å². The van der Waals surface area contributed by atoms with Gasteiger partial charge >= 0.3 is 0 Å². The summed E-state index contributed by atoms with van der Waals surface area (Å²) in [5.74, 6) is 3.51. The summed E-state index contributed by atoms with van der Waals surface area (Å²) in [5, 5.41) is 9.18. The first-order valence-corrected chi connectivity index (χ1v) is 6.57. The molecule has 17 heavy (non-hydrogen) atoms. The van der Waals surface area contributed by atoms with Gasteiger partial charge in [-0.2, -0.15) is 0 Å². The van der Waals surface area contributed by atoms with Crippen LogP contribution in [0, 0.1) is 17.8 Å². The van der Waals surface area contributed by atoms with Crippen LogP contribution in [0.3, 0.4) is 0 Å². The lowest BCUT2D eigenvalue weighted by molar-refractivity contribution is 0.148. The molecular formula is C15H22O2. The molecule has 1 saturated carbocycles. The third-order valence-corrected chi connectivity index (χ3v) is 4.03. The molecule has 3 atom stereocenters. The summed E-state index contributed by atoms with van der Waals surface area (Å²) < 4.78 is 5.77. The molecule has 0 aliphatic heterocycles. The Kier molecular flexibility index (Phi) is 3.93. The van der Waals surface area contributed by atoms with E-state index in [1.54, 1.807) is 12.1 Å². The van der Waals surface area contributed by atoms with Gasteiger partial charge in [-0.1, -0.05) is 20.3 Å². The van der Waals surface area contributed by atoms with Crippen molar-refractivity contribution >= 4 is 0 Å². The zero-order chi connectivity index (χ0) is 12.3. The highest BCUT2D eigenvalue weighted by molar-refractivity contribution is 5.30. The number of ether oxygens (including phenoxy) is 1. The molecule has 1 fully saturated rings. The van der Waals surface area contributed by atoms with Crippen LogP contribution < -0.4 is 4.74 Å². The predicted molar refractivity (Wildman–Crippen MR) is 69.3 cm³/mol. The molecule has 1 aromatic carbocycles. The number of hydrogen-bond donors (Lipinski definition) is 1. The van der Waals surface area contributed by atoms with Crippen molar-refractivity contribution in [3.63, 3.8) is 0 Å². The summed E-state index contributed by atoms with van der Waals surface area (Å²) in [6, 6.07) is 6.98. The molecule has 1 aliphatic carbocycles. The molecule has 94 valence electrons. The van der Waals surface area contributed by atoms with E-state index in [1.807, 2.05) is 12.1 Å². The molecule has 1 aliphatic rings. The first-order chi connectivity index (χ1) is 8.15. The second kappa shape index (κ2) is 5.44. The number of benzene rings is 1. The maximum absolute atomic E-state index is 9.18. The quantitative estimate of drug-likeness (QED) is 0.861. The zero-order valence-electron chi connectivity index (χ0n) is 10.7. The molecule has 0 radical (unpaired) electrons. The van der Waals surface area contributed by atoms with Crippen LogP contribution >= 0.6 is 0 Å². The van der Waals surface area contributed by atoms with E-state index in [-0.39, 0.29) is 5.75 Å². The predicted octanol–water partition coefficient (Wildman–Crippen LogP) is 3.84. The van der Waals surface area contributed by atoms with Gasteiger partial charge in [-0.05, 0) is 54.9 Å². The van der Waals surface area contributed by atoms with Crippen molar-refractivity contribution in [2.24, 2.45) is 17.8 Å². The van der Waals surface area contributed by atoms with Gasteiger partial charge in [-0.25, -0.2) is 0 Å². The standard InChI is InChI=1S/C15H22O2/c1-11-3-4-13(9-12(11)2)10-17-15-7-5-14(16)6-8-15/h5-8,11-13,16H,3-4,9-10H2,1-2H3. The van der Waals surface area contributed by atoms with Crippen molar-refractivity contribution in [1.29, 1.82) is 0 Å². The van der Waals surface area contributed by atoms with Gasteiger partial charge in [0.1, 0.15) is 11.5 Å². The molecule has 0 spiro atoms. The van der Waals surface area contributed by atoms with E-state index >= 15 is 0 Å². The number of hydrogen-bond acceptors (Lipinski definition) is 2. The maximum atomic E-state index is 9.18. The van der Waals surface area contributed by atoms with Crippen LogP contribution in [0.5, 0.6) is 11.5 Å². The highest BCUT2D eigenvalue weighted by Crippen LogP contribution is 2.33. The fraction of sp³-hybridized carbons (Fsp3) is 0.600. The molecule has 0 heterocycles. The number of rotatable bonds is 3. The molecule has 3 unspecified atom stereocenters. The molecule has 0 aromatic heterocycles. The van der Waals surface area contributed by atoms with Crippen LogP contribution in [0.2, 0.25) is 0 Å². The van der Waals surface area contributed by atoms with Gasteiger partial charge in [-0.15, -0.1) is 0 Å². The lowest BCUT2D eigenvalue weighted by Crippen LogP contribution is -2.24. The monoisotopic (exact) mass is 234 g/mol. The van der Waals surface area contributed by atoms with Crippen molar-refractivity contribution < 1.29 is 9.84 Å². The first-order valence-electron chi connectivity index (χ1n) is 6.57. The normalized spacial score (nSPS) is 28.9. The molecule has 2 rings (SSSR count). The van der Waals surface area contributed by atoms with Gasteiger partial charge in [0.15, 0.2) is 0 Å². The summed E-state index contributed by atoms with van der Waals surface area (Å²) in [6.07, 6.45) is 3.88. The number of phenolic OH excluding ortho intramolecular Hbond substituents is 1. The Hall–Kier alpha value is -1.18. The van der Waals surface area contributed by atoms with Gasteiger partial charge in [-0.3, -0.25) is 0 Å². The van der Waals surface area contributed by atoms with E-state index in [9.17, 15) is 5.11 Å². The van der Waals surface area contributed by atoms with E-state index in [0.29, 0.717) is 5.92 Å². The summed E-state index contributed by atoms with van der Waals surface area (Å²) >= 11 is 0. The van der Waals surface area contributed by atoms with Gasteiger partial charge in [0.25, 0.3) is 0 Å². The Balaban J connectivity index is 1.80. The van der Waals surface area contributed by atoms with Crippen molar-refractivity contribution in [2.75, 3.05) is 6.61 Å². The zero-order valence-corrected chi connectivity index (χ0v) is 10.7. The van der Waals surface area contributed by atoms with E-state index in [0.717, 1.165) is 24.2 Å². The minimum Gasteiger partial charge on any atom is -0.508 e. The average molecular weight is 234 g/mol. The Morgan fingerprint density at radius 3 is 2.47 bits per heavy atom. The van der Waals surface area contributed by atoms with E-state index in [2.05, 4.69) is 13.8 Å². The Morgan fingerprint density at radius 2 is 1.82 bits per heavy atom. The summed E-state index contributed by atoms with van der Waals surface area (Å²) in [6.45, 7) is 5.50. The van der Waals surface area contributed by atoms with E-state index in [1.165, 1.54) is 19.3 Å². The molecule has 1 N–H and O–H groups in total. The third-order valence-electron chi connectivity index (χ3n) is 4.03. The smallest absolute Gasteiger partial charge is 0.119 e. The van der Waals surface area contributed by atoms with Gasteiger partial charge in [0.05, 0.1) is 6.61 Å². The van der Waals surface area contributed by atoms with E-state index < -0.39 is 0 Å². The number of phenols is 1. The topological polar surface area (TPSA) is 29.5 Å². The van der Waals surface area contributed by atoms with Crippen LogP contribution in [0.15, 0.2) is 24.3 Å². The molecule has 1 aromatic rings. The van der Waals surface area contributed by atoms with Crippen LogP contribution in [0.1, 0.15) is 33.1 Å². The summed E-state index contributed by atoms with van der Waals surface area (Å²) in [5.41, 5.74) is 0. The fourth-order valence-electron chi connectivity index (χ4n) is 2.57. The van der Waals surface area contributed by atoms with Crippen molar-refractivity contribution in [2.45, 2.75) is 33.1 Å². The minimum absolute atomic E-state index is 0.289. The second-order valence-corrected chi connectivity index (χ2v) is 5.44. The van der Waals surface area contributed by atoms with Gasteiger partial charge < -0.3 is 9.84 Å². The lowest BCUT2D eigenvalue weighted by Gasteiger charge is -2.31. The number of aromatic hydroxyl groups is 1. The molecule has 0 amide bonds. The molecular weight excluding hydrogens is 212 g/mol. The van der Waals surface area contributed by atoms with Crippen molar-refractivity contribution in [1.82, 2.24) is 0 Å². The molecule has 0 saturated heterocycles. The molecule has 2 heteroatoms. The highest BCUT2D eigenvalue weighted by Gasteiger charge is 2.24. The minimum atomic E-state index is 0.289. The molecule has 0 bridgehead atoms. The summed E-state index contributed by atoms with van der Waals surface area (Å²) in [7, 11) is 0. The second-order valence-electron chi connectivity index (χ2n) is 5.44. The molecule has 2 nitrogen and oxygen atoms in total. The Morgan fingerprint density at radius 1 is 1.12 bits per heavy atom. The third kappa shape index (κ3) is 3.39. The SMILES string of the molecule is CC1CCC(COc2ccc(O)cc2)CC1C. The van der Waals surface area contributed by atoms with Crippen LogP contribution in [-0.2, 0) is 0 Å². The highest BCUT2D eigenvalue weighted by atomic mass is 16.5. The first kappa shape index (κ1) is 12.3. The Bertz CT molecular complexity index is 344. The van der Waals surface area contributed by atoms with Gasteiger partial charge in [0, 0.05) is 0 Å². The van der Waals surface area contributed by atoms with Crippen molar-refractivity contribution in [3.05, 3.63) is 24.3 Å². The lowest BCUT2D eigenvalue weighted by atomic mass is 9.76. The van der Waals surface area contributed by atoms with Crippen LogP contribution in [-0.4, -0.2) is 11.7 Å². The Labute approximate surface area is 104 Å². The van der Waals surface area contributed by atoms with Crippen LogP contribution in [0.25, 0.3) is 0 Å². The van der Waals surface area contributed by atoms with Gasteiger partial charge in [0.2, 0.25) is 0 Å². The van der Waals surface area contributed by atoms with Crippen molar-refractivity contribution in [3.8, 4) is 11.5 Å².